The van der Waals surface area contributed by atoms with Gasteiger partial charge in [-0.05, 0) is 134 Å². The SMILES string of the molecule is Cc1cc(C(=O)N2CCN(c3ccc(C(=O)NS(=O)(=O)CC45CC6CC(CC(C6)C4)C5)cc3)CC2)ccc1-c1cccc(O)c1. The van der Waals surface area contributed by atoms with Gasteiger partial charge in [-0.3, -0.25) is 9.59 Å². The van der Waals surface area contributed by atoms with Gasteiger partial charge < -0.3 is 14.9 Å². The lowest BCUT2D eigenvalue weighted by Gasteiger charge is -2.56. The Kier molecular flexibility index (Phi) is 7.63. The first-order valence-corrected chi connectivity index (χ1v) is 17.8. The molecule has 8 nitrogen and oxygen atoms in total. The predicted octanol–water partition coefficient (Wildman–Crippen LogP) is 5.61. The first kappa shape index (κ1) is 29.8. The number of phenols is 1. The van der Waals surface area contributed by atoms with Crippen LogP contribution >= 0.6 is 0 Å². The Morgan fingerprint density at radius 1 is 0.844 bits per heavy atom. The third-order valence-corrected chi connectivity index (χ3v) is 12.1. The summed E-state index contributed by atoms with van der Waals surface area (Å²) in [6, 6.07) is 19.8. The maximum Gasteiger partial charge on any atom is 0.264 e. The Balaban J connectivity index is 0.934. The van der Waals surface area contributed by atoms with Crippen molar-refractivity contribution in [1.82, 2.24) is 9.62 Å². The number of nitrogens with one attached hydrogen (secondary N) is 1. The summed E-state index contributed by atoms with van der Waals surface area (Å²) >= 11 is 0. The van der Waals surface area contributed by atoms with E-state index in [4.69, 9.17) is 0 Å². The van der Waals surface area contributed by atoms with E-state index in [2.05, 4.69) is 9.62 Å². The molecule has 4 bridgehead atoms. The van der Waals surface area contributed by atoms with Gasteiger partial charge in [0.25, 0.3) is 11.8 Å². The van der Waals surface area contributed by atoms with E-state index in [1.54, 1.807) is 30.3 Å². The first-order valence-electron chi connectivity index (χ1n) is 16.1. The van der Waals surface area contributed by atoms with Gasteiger partial charge in [-0.1, -0.05) is 18.2 Å². The lowest BCUT2D eigenvalue weighted by molar-refractivity contribution is -0.0391. The summed E-state index contributed by atoms with van der Waals surface area (Å²) in [5.41, 5.74) is 4.58. The van der Waals surface area contributed by atoms with Gasteiger partial charge in [0.05, 0.1) is 5.75 Å². The molecule has 0 radical (unpaired) electrons. The summed E-state index contributed by atoms with van der Waals surface area (Å²) in [5.74, 6) is 1.64. The van der Waals surface area contributed by atoms with E-state index >= 15 is 0 Å². The molecular weight excluding hydrogens is 586 g/mol. The monoisotopic (exact) mass is 627 g/mol. The Labute approximate surface area is 265 Å². The molecule has 0 atom stereocenters. The average Bonchev–Trinajstić information content (AvgIpc) is 2.99. The molecule has 0 unspecified atom stereocenters. The third-order valence-electron chi connectivity index (χ3n) is 10.6. The Hall–Kier alpha value is -3.85. The van der Waals surface area contributed by atoms with Crippen molar-refractivity contribution in [2.24, 2.45) is 23.2 Å². The number of hydrogen-bond acceptors (Lipinski definition) is 6. The first-order chi connectivity index (χ1) is 21.5. The normalized spacial score (nSPS) is 25.8. The molecule has 4 saturated carbocycles. The van der Waals surface area contributed by atoms with Gasteiger partial charge in [0, 0.05) is 43.0 Å². The van der Waals surface area contributed by atoms with Crippen molar-refractivity contribution < 1.29 is 23.1 Å². The van der Waals surface area contributed by atoms with Crippen LogP contribution in [-0.4, -0.2) is 62.2 Å². The van der Waals surface area contributed by atoms with E-state index in [9.17, 15) is 23.1 Å². The maximum absolute atomic E-state index is 13.3. The minimum atomic E-state index is -3.74. The molecule has 5 aliphatic rings. The van der Waals surface area contributed by atoms with Gasteiger partial charge >= 0.3 is 0 Å². The quantitative estimate of drug-likeness (QED) is 0.353. The van der Waals surface area contributed by atoms with Crippen LogP contribution in [0.15, 0.2) is 66.7 Å². The van der Waals surface area contributed by atoms with E-state index < -0.39 is 15.9 Å². The van der Waals surface area contributed by atoms with Gasteiger partial charge in [0.15, 0.2) is 0 Å². The third kappa shape index (κ3) is 6.19. The molecule has 3 aromatic carbocycles. The molecule has 4 aliphatic carbocycles. The maximum atomic E-state index is 13.3. The number of piperazine rings is 1. The second-order valence-electron chi connectivity index (χ2n) is 14.0. The minimum absolute atomic E-state index is 0.0121. The number of anilines is 1. The fourth-order valence-corrected chi connectivity index (χ4v) is 10.7. The van der Waals surface area contributed by atoms with Gasteiger partial charge in [0.2, 0.25) is 10.0 Å². The summed E-state index contributed by atoms with van der Waals surface area (Å²) in [5, 5.41) is 9.84. The molecule has 0 spiro atoms. The number of benzene rings is 3. The van der Waals surface area contributed by atoms with Crippen LogP contribution in [0.1, 0.15) is 64.8 Å². The Morgan fingerprint density at radius 3 is 2.07 bits per heavy atom. The zero-order valence-electron chi connectivity index (χ0n) is 25.7. The zero-order valence-corrected chi connectivity index (χ0v) is 26.6. The summed E-state index contributed by atoms with van der Waals surface area (Å²) in [6.07, 6.45) is 6.69. The summed E-state index contributed by atoms with van der Waals surface area (Å²) in [7, 11) is -3.74. The van der Waals surface area contributed by atoms with Crippen LogP contribution < -0.4 is 9.62 Å². The van der Waals surface area contributed by atoms with Crippen LogP contribution in [0.4, 0.5) is 5.69 Å². The molecule has 1 aliphatic heterocycles. The average molecular weight is 628 g/mol. The van der Waals surface area contributed by atoms with Crippen LogP contribution in [0.3, 0.4) is 0 Å². The number of hydrogen-bond donors (Lipinski definition) is 2. The number of rotatable bonds is 7. The molecule has 45 heavy (non-hydrogen) atoms. The molecule has 1 saturated heterocycles. The highest BCUT2D eigenvalue weighted by Gasteiger charge is 2.52. The molecule has 0 aromatic heterocycles. The predicted molar refractivity (Wildman–Crippen MR) is 175 cm³/mol. The highest BCUT2D eigenvalue weighted by molar-refractivity contribution is 7.90. The van der Waals surface area contributed by atoms with Crippen LogP contribution in [0.25, 0.3) is 11.1 Å². The highest BCUT2D eigenvalue weighted by atomic mass is 32.2. The van der Waals surface area contributed by atoms with Gasteiger partial charge in [0.1, 0.15) is 5.75 Å². The highest BCUT2D eigenvalue weighted by Crippen LogP contribution is 2.60. The fourth-order valence-electron chi connectivity index (χ4n) is 9.07. The molecule has 2 amide bonds. The molecular formula is C36H41N3O5S. The minimum Gasteiger partial charge on any atom is -0.508 e. The number of carbonyl (C=O) groups excluding carboxylic acids is 2. The number of carbonyl (C=O) groups is 2. The van der Waals surface area contributed by atoms with Crippen molar-refractivity contribution in [3.63, 3.8) is 0 Å². The number of nitrogens with zero attached hydrogens (tertiary/aromatic N) is 2. The topological polar surface area (TPSA) is 107 Å². The lowest BCUT2D eigenvalue weighted by atomic mass is 9.50. The molecule has 2 N–H and O–H groups in total. The number of sulfonamides is 1. The fraction of sp³-hybridized carbons (Fsp3) is 0.444. The van der Waals surface area contributed by atoms with Gasteiger partial charge in [-0.15, -0.1) is 0 Å². The van der Waals surface area contributed by atoms with E-state index in [1.807, 2.05) is 48.2 Å². The second-order valence-corrected chi connectivity index (χ2v) is 15.7. The summed E-state index contributed by atoms with van der Waals surface area (Å²) in [4.78, 5) is 30.3. The van der Waals surface area contributed by atoms with Crippen LogP contribution in [0.5, 0.6) is 5.75 Å². The van der Waals surface area contributed by atoms with Gasteiger partial charge in [-0.25, -0.2) is 13.1 Å². The van der Waals surface area contributed by atoms with Crippen LogP contribution in [-0.2, 0) is 10.0 Å². The van der Waals surface area contributed by atoms with Crippen molar-refractivity contribution >= 4 is 27.5 Å². The number of phenolic OH excluding ortho intramolecular Hbond substituents is 1. The van der Waals surface area contributed by atoms with E-state index in [-0.39, 0.29) is 22.8 Å². The van der Waals surface area contributed by atoms with Crippen molar-refractivity contribution in [2.45, 2.75) is 45.4 Å². The summed E-state index contributed by atoms with van der Waals surface area (Å²) < 4.78 is 28.6. The standard InChI is InChI=1S/C36H41N3O5S/c1-24-15-30(7-10-33(24)29-3-2-4-32(40)19-29)35(42)39-13-11-38(12-14-39)31-8-5-28(6-9-31)34(41)37-45(43,44)23-36-20-25-16-26(21-36)18-27(17-25)22-36/h2-10,15,19,25-27,40H,11-14,16-18,20-23H2,1H3,(H,37,41). The lowest BCUT2D eigenvalue weighted by Crippen LogP contribution is -2.51. The Bertz CT molecular complexity index is 1690. The van der Waals surface area contributed by atoms with Crippen molar-refractivity contribution in [2.75, 3.05) is 36.8 Å². The molecule has 8 rings (SSSR count). The van der Waals surface area contributed by atoms with E-state index in [1.165, 1.54) is 19.3 Å². The van der Waals surface area contributed by atoms with Gasteiger partial charge in [-0.2, -0.15) is 0 Å². The largest absolute Gasteiger partial charge is 0.508 e. The molecule has 5 fully saturated rings. The summed E-state index contributed by atoms with van der Waals surface area (Å²) in [6.45, 7) is 4.40. The van der Waals surface area contributed by atoms with Crippen LogP contribution in [0.2, 0.25) is 0 Å². The molecule has 3 aromatic rings. The molecule has 1 heterocycles. The number of amides is 2. The number of aryl methyl sites for hydroxylation is 1. The van der Waals surface area contributed by atoms with E-state index in [0.717, 1.165) is 41.6 Å². The van der Waals surface area contributed by atoms with Crippen molar-refractivity contribution in [3.8, 4) is 16.9 Å². The second kappa shape index (κ2) is 11.5. The Morgan fingerprint density at radius 2 is 1.47 bits per heavy atom. The van der Waals surface area contributed by atoms with Crippen molar-refractivity contribution in [1.29, 1.82) is 0 Å². The molecule has 236 valence electrons. The number of aromatic hydroxyl groups is 1. The van der Waals surface area contributed by atoms with Crippen molar-refractivity contribution in [3.05, 3.63) is 83.4 Å². The molecule has 9 heteroatoms. The zero-order chi connectivity index (χ0) is 31.3. The van der Waals surface area contributed by atoms with E-state index in [0.29, 0.717) is 55.1 Å². The van der Waals surface area contributed by atoms with Crippen LogP contribution in [0, 0.1) is 30.1 Å². The smallest absolute Gasteiger partial charge is 0.264 e.